The van der Waals surface area contributed by atoms with Gasteiger partial charge in [-0.15, -0.1) is 0 Å². The predicted octanol–water partition coefficient (Wildman–Crippen LogP) is 4.21. The topological polar surface area (TPSA) is 88.2 Å². The Hall–Kier alpha value is -3.46. The third kappa shape index (κ3) is 6.85. The quantitative estimate of drug-likeness (QED) is 0.647. The molecule has 2 aromatic rings. The lowest BCUT2D eigenvalue weighted by Crippen LogP contribution is -2.48. The summed E-state index contributed by atoms with van der Waals surface area (Å²) in [5, 5.41) is 2.82. The highest BCUT2D eigenvalue weighted by atomic mass is 19.1. The van der Waals surface area contributed by atoms with E-state index in [1.807, 2.05) is 20.8 Å². The lowest BCUT2D eigenvalue weighted by molar-refractivity contribution is -0.116. The molecule has 0 aliphatic carbocycles. The Morgan fingerprint density at radius 2 is 1.89 bits per heavy atom. The number of likely N-dealkylation sites (N-methyl/N-ethyl adjacent to an activating group) is 1. The highest BCUT2D eigenvalue weighted by Crippen LogP contribution is 2.27. The van der Waals surface area contributed by atoms with Gasteiger partial charge >= 0.3 is 0 Å². The van der Waals surface area contributed by atoms with Crippen molar-refractivity contribution in [2.24, 2.45) is 5.92 Å². The summed E-state index contributed by atoms with van der Waals surface area (Å²) >= 11 is 0. The van der Waals surface area contributed by atoms with Crippen molar-refractivity contribution < 1.29 is 28.2 Å². The zero-order valence-corrected chi connectivity index (χ0v) is 22.1. The average molecular weight is 514 g/mol. The standard InChI is InChI=1S/C28H36FN3O5/c1-6-9-26(33)30-20-12-13-24-22(14-20)27(34)31(4)16-25(36-5)18(2)15-32(19(3)17-37-24)28(35)21-10-7-8-11-23(21)29/h7-8,10-14,18-19,25H,6,9,15-17H2,1-5H3,(H,30,33)/t18-,19+,25+/m0/s1. The molecule has 1 heterocycles. The van der Waals surface area contributed by atoms with Gasteiger partial charge in [0.2, 0.25) is 5.91 Å². The van der Waals surface area contributed by atoms with Crippen LogP contribution in [0.3, 0.4) is 0 Å². The molecule has 1 N–H and O–H groups in total. The molecule has 200 valence electrons. The predicted molar refractivity (Wildman–Crippen MR) is 139 cm³/mol. The number of amides is 3. The lowest BCUT2D eigenvalue weighted by Gasteiger charge is -2.36. The lowest BCUT2D eigenvalue weighted by atomic mass is 10.0. The molecular formula is C28H36FN3O5. The van der Waals surface area contributed by atoms with E-state index in [0.717, 1.165) is 0 Å². The molecule has 8 nitrogen and oxygen atoms in total. The van der Waals surface area contributed by atoms with E-state index in [9.17, 15) is 18.8 Å². The van der Waals surface area contributed by atoms with Crippen molar-refractivity contribution >= 4 is 23.4 Å². The van der Waals surface area contributed by atoms with Crippen LogP contribution in [0.4, 0.5) is 10.1 Å². The first-order valence-corrected chi connectivity index (χ1v) is 12.6. The second kappa shape index (κ2) is 12.7. The minimum absolute atomic E-state index is 0.0113. The minimum Gasteiger partial charge on any atom is -0.491 e. The van der Waals surface area contributed by atoms with Gasteiger partial charge in [-0.05, 0) is 43.7 Å². The first-order valence-electron chi connectivity index (χ1n) is 12.6. The zero-order chi connectivity index (χ0) is 27.1. The second-order valence-corrected chi connectivity index (χ2v) is 9.54. The summed E-state index contributed by atoms with van der Waals surface area (Å²) in [7, 11) is 3.24. The summed E-state index contributed by atoms with van der Waals surface area (Å²) in [4.78, 5) is 42.1. The van der Waals surface area contributed by atoms with E-state index in [2.05, 4.69) is 5.32 Å². The van der Waals surface area contributed by atoms with Crippen molar-refractivity contribution in [2.75, 3.05) is 39.2 Å². The number of hydrogen-bond donors (Lipinski definition) is 1. The third-order valence-corrected chi connectivity index (χ3v) is 6.57. The van der Waals surface area contributed by atoms with Gasteiger partial charge in [-0.3, -0.25) is 14.4 Å². The molecular weight excluding hydrogens is 477 g/mol. The van der Waals surface area contributed by atoms with E-state index in [4.69, 9.17) is 9.47 Å². The molecule has 0 radical (unpaired) electrons. The molecule has 3 atom stereocenters. The molecule has 0 unspecified atom stereocenters. The zero-order valence-electron chi connectivity index (χ0n) is 22.1. The largest absolute Gasteiger partial charge is 0.491 e. The Kier molecular flexibility index (Phi) is 9.63. The summed E-state index contributed by atoms with van der Waals surface area (Å²) in [5.41, 5.74) is 0.775. The van der Waals surface area contributed by atoms with Crippen molar-refractivity contribution in [1.82, 2.24) is 9.80 Å². The maximum atomic E-state index is 14.5. The molecule has 3 rings (SSSR count). The number of hydrogen-bond acceptors (Lipinski definition) is 5. The number of ether oxygens (including phenoxy) is 2. The molecule has 0 saturated carbocycles. The van der Waals surface area contributed by atoms with Crippen LogP contribution < -0.4 is 10.1 Å². The van der Waals surface area contributed by atoms with Crippen molar-refractivity contribution in [3.8, 4) is 5.75 Å². The molecule has 3 amide bonds. The molecule has 37 heavy (non-hydrogen) atoms. The van der Waals surface area contributed by atoms with Crippen LogP contribution >= 0.6 is 0 Å². The number of halogens is 1. The summed E-state index contributed by atoms with van der Waals surface area (Å²) in [6.45, 7) is 6.30. The highest BCUT2D eigenvalue weighted by molar-refractivity contribution is 5.99. The fourth-order valence-corrected chi connectivity index (χ4v) is 4.38. The molecule has 0 bridgehead atoms. The van der Waals surface area contributed by atoms with Gasteiger partial charge < -0.3 is 24.6 Å². The number of carbonyl (C=O) groups is 3. The molecule has 0 fully saturated rings. The molecule has 0 aromatic heterocycles. The van der Waals surface area contributed by atoms with Gasteiger partial charge in [0.1, 0.15) is 18.2 Å². The van der Waals surface area contributed by atoms with Crippen LogP contribution in [0.5, 0.6) is 5.75 Å². The Balaban J connectivity index is 1.98. The number of methoxy groups -OCH3 is 1. The van der Waals surface area contributed by atoms with Crippen molar-refractivity contribution in [3.05, 3.63) is 59.4 Å². The number of rotatable bonds is 5. The van der Waals surface area contributed by atoms with Crippen LogP contribution in [-0.2, 0) is 9.53 Å². The smallest absolute Gasteiger partial charge is 0.257 e. The summed E-state index contributed by atoms with van der Waals surface area (Å²) < 4.78 is 26.3. The third-order valence-electron chi connectivity index (χ3n) is 6.57. The van der Waals surface area contributed by atoms with Crippen LogP contribution in [0.15, 0.2) is 42.5 Å². The van der Waals surface area contributed by atoms with Gasteiger partial charge in [0, 0.05) is 45.3 Å². The number of carbonyl (C=O) groups excluding carboxylic acids is 3. The van der Waals surface area contributed by atoms with Crippen LogP contribution in [0, 0.1) is 11.7 Å². The Labute approximate surface area is 217 Å². The summed E-state index contributed by atoms with van der Waals surface area (Å²) in [6, 6.07) is 10.4. The number of anilines is 1. The van der Waals surface area contributed by atoms with Gasteiger partial charge in [-0.1, -0.05) is 26.0 Å². The van der Waals surface area contributed by atoms with E-state index in [1.54, 1.807) is 54.3 Å². The normalized spacial score (nSPS) is 20.8. The van der Waals surface area contributed by atoms with Crippen LogP contribution in [0.2, 0.25) is 0 Å². The van der Waals surface area contributed by atoms with E-state index < -0.39 is 17.8 Å². The van der Waals surface area contributed by atoms with Crippen LogP contribution in [-0.4, -0.2) is 73.5 Å². The van der Waals surface area contributed by atoms with Gasteiger partial charge in [-0.25, -0.2) is 4.39 Å². The highest BCUT2D eigenvalue weighted by Gasteiger charge is 2.31. The van der Waals surface area contributed by atoms with Crippen LogP contribution in [0.1, 0.15) is 54.3 Å². The summed E-state index contributed by atoms with van der Waals surface area (Å²) in [5.74, 6) is -1.28. The molecule has 2 aromatic carbocycles. The molecule has 0 spiro atoms. The molecule has 0 saturated heterocycles. The Morgan fingerprint density at radius 1 is 1.16 bits per heavy atom. The fourth-order valence-electron chi connectivity index (χ4n) is 4.38. The van der Waals surface area contributed by atoms with Gasteiger partial charge in [0.25, 0.3) is 11.8 Å². The number of nitrogens with zero attached hydrogens (tertiary/aromatic N) is 2. The first-order chi connectivity index (χ1) is 17.7. The monoisotopic (exact) mass is 513 g/mol. The average Bonchev–Trinajstić information content (AvgIpc) is 2.88. The van der Waals surface area contributed by atoms with Crippen LogP contribution in [0.25, 0.3) is 0 Å². The Morgan fingerprint density at radius 3 is 2.57 bits per heavy atom. The van der Waals surface area contributed by atoms with E-state index in [1.165, 1.54) is 12.1 Å². The second-order valence-electron chi connectivity index (χ2n) is 9.54. The SMILES string of the molecule is CCCC(=O)Nc1ccc2c(c1)C(=O)N(C)C[C@@H](OC)[C@@H](C)CN(C(=O)c1ccccc1F)[C@H](C)CO2. The van der Waals surface area contributed by atoms with Gasteiger partial charge in [0.15, 0.2) is 0 Å². The van der Waals surface area contributed by atoms with Crippen molar-refractivity contribution in [1.29, 1.82) is 0 Å². The van der Waals surface area contributed by atoms with E-state index in [0.29, 0.717) is 29.8 Å². The number of fused-ring (bicyclic) bond motifs is 1. The molecule has 1 aliphatic heterocycles. The fraction of sp³-hybridized carbons (Fsp3) is 0.464. The Bertz CT molecular complexity index is 1120. The number of benzene rings is 2. The number of nitrogens with one attached hydrogen (secondary N) is 1. The summed E-state index contributed by atoms with van der Waals surface area (Å²) in [6.07, 6.45) is 0.699. The molecule has 9 heteroatoms. The molecule has 1 aliphatic rings. The van der Waals surface area contributed by atoms with Crippen molar-refractivity contribution in [3.63, 3.8) is 0 Å². The first kappa shape index (κ1) is 28.1. The maximum Gasteiger partial charge on any atom is 0.257 e. The maximum absolute atomic E-state index is 14.5. The van der Waals surface area contributed by atoms with E-state index in [-0.39, 0.29) is 49.1 Å². The van der Waals surface area contributed by atoms with Crippen molar-refractivity contribution in [2.45, 2.75) is 45.8 Å². The van der Waals surface area contributed by atoms with Gasteiger partial charge in [0.05, 0.1) is 23.3 Å². The van der Waals surface area contributed by atoms with Gasteiger partial charge in [-0.2, -0.15) is 0 Å². The van der Waals surface area contributed by atoms with E-state index >= 15 is 0 Å². The minimum atomic E-state index is -0.587.